The highest BCUT2D eigenvalue weighted by atomic mass is 32.2. The zero-order valence-electron chi connectivity index (χ0n) is 15.7. The lowest BCUT2D eigenvalue weighted by molar-refractivity contribution is -0.129. The summed E-state index contributed by atoms with van der Waals surface area (Å²) >= 11 is 0. The summed E-state index contributed by atoms with van der Waals surface area (Å²) in [4.78, 5) is 24.5. The van der Waals surface area contributed by atoms with E-state index in [1.54, 1.807) is 12.1 Å². The Balaban J connectivity index is 1.89. The number of allylic oxidation sites excluding steroid dienone is 1. The van der Waals surface area contributed by atoms with Crippen LogP contribution in [0.25, 0.3) is 0 Å². The number of amides is 1. The molecule has 148 valence electrons. The minimum Gasteiger partial charge on any atom is -0.449 e. The second-order valence-corrected chi connectivity index (χ2v) is 8.36. The maximum absolute atomic E-state index is 12.3. The number of benzene rings is 1. The van der Waals surface area contributed by atoms with E-state index in [1.807, 2.05) is 0 Å². The summed E-state index contributed by atoms with van der Waals surface area (Å²) in [6.07, 6.45) is 7.62. The van der Waals surface area contributed by atoms with E-state index >= 15 is 0 Å². The molecule has 1 atom stereocenters. The topological polar surface area (TPSA) is 102 Å². The fraction of sp³-hybridized carbons (Fsp3) is 0.474. The van der Waals surface area contributed by atoms with Gasteiger partial charge in [0.05, 0.1) is 17.5 Å². The molecule has 0 fully saturated rings. The molecule has 2 rings (SSSR count). The second-order valence-electron chi connectivity index (χ2n) is 6.62. The summed E-state index contributed by atoms with van der Waals surface area (Å²) in [5.41, 5.74) is 1.52. The standard InChI is InChI=1S/C19H26N2O5S/c1-14(18(22)20-13-12-15-8-4-3-5-9-15)26-19(23)16-10-6-7-11-17(16)21-27(2,24)25/h6-8,10-11,14,21H,3-5,9,12-13H2,1-2H3,(H,20,22)/t14-/m0/s1. The lowest BCUT2D eigenvalue weighted by Crippen LogP contribution is -2.36. The highest BCUT2D eigenvalue weighted by molar-refractivity contribution is 7.92. The summed E-state index contributed by atoms with van der Waals surface area (Å²) < 4.78 is 30.3. The quantitative estimate of drug-likeness (QED) is 0.521. The molecule has 1 amide bonds. The van der Waals surface area contributed by atoms with Gasteiger partial charge >= 0.3 is 5.97 Å². The lowest BCUT2D eigenvalue weighted by Gasteiger charge is -2.16. The molecule has 0 saturated heterocycles. The average Bonchev–Trinajstić information content (AvgIpc) is 2.61. The summed E-state index contributed by atoms with van der Waals surface area (Å²) in [6, 6.07) is 6.09. The first-order valence-corrected chi connectivity index (χ1v) is 10.9. The van der Waals surface area contributed by atoms with Gasteiger partial charge in [0.15, 0.2) is 6.10 Å². The number of para-hydroxylation sites is 1. The summed E-state index contributed by atoms with van der Waals surface area (Å²) in [6.45, 7) is 1.98. The number of carbonyl (C=O) groups excluding carboxylic acids is 2. The van der Waals surface area contributed by atoms with E-state index in [0.29, 0.717) is 6.54 Å². The first-order chi connectivity index (χ1) is 12.8. The number of esters is 1. The van der Waals surface area contributed by atoms with Crippen LogP contribution in [0, 0.1) is 0 Å². The predicted molar refractivity (Wildman–Crippen MR) is 104 cm³/mol. The summed E-state index contributed by atoms with van der Waals surface area (Å²) in [5.74, 6) is -1.15. The molecule has 8 heteroatoms. The van der Waals surface area contributed by atoms with E-state index in [2.05, 4.69) is 16.1 Å². The van der Waals surface area contributed by atoms with Crippen molar-refractivity contribution < 1.29 is 22.7 Å². The molecule has 0 aliphatic heterocycles. The molecule has 2 N–H and O–H groups in total. The number of ether oxygens (including phenoxy) is 1. The third-order valence-corrected chi connectivity index (χ3v) is 4.82. The number of hydrogen-bond acceptors (Lipinski definition) is 5. The van der Waals surface area contributed by atoms with E-state index in [1.165, 1.54) is 37.5 Å². The molecule has 0 spiro atoms. The Morgan fingerprint density at radius 2 is 1.96 bits per heavy atom. The SMILES string of the molecule is C[C@H](OC(=O)c1ccccc1NS(C)(=O)=O)C(=O)NCCC1=CCCCC1. The van der Waals surface area contributed by atoms with E-state index in [-0.39, 0.29) is 17.2 Å². The van der Waals surface area contributed by atoms with Crippen LogP contribution in [0.2, 0.25) is 0 Å². The van der Waals surface area contributed by atoms with Crippen molar-refractivity contribution in [2.75, 3.05) is 17.5 Å². The van der Waals surface area contributed by atoms with Gasteiger partial charge in [-0.2, -0.15) is 0 Å². The number of carbonyl (C=O) groups is 2. The fourth-order valence-corrected chi connectivity index (χ4v) is 3.43. The van der Waals surface area contributed by atoms with Crippen LogP contribution < -0.4 is 10.0 Å². The molecule has 0 radical (unpaired) electrons. The molecular formula is C19H26N2O5S. The smallest absolute Gasteiger partial charge is 0.341 e. The highest BCUT2D eigenvalue weighted by Crippen LogP contribution is 2.20. The van der Waals surface area contributed by atoms with Gasteiger partial charge in [0.25, 0.3) is 5.91 Å². The van der Waals surface area contributed by atoms with Gasteiger partial charge in [-0.05, 0) is 51.2 Å². The van der Waals surface area contributed by atoms with Gasteiger partial charge in [-0.25, -0.2) is 13.2 Å². The first kappa shape index (κ1) is 21.0. The van der Waals surface area contributed by atoms with Crippen molar-refractivity contribution in [2.45, 2.75) is 45.1 Å². The van der Waals surface area contributed by atoms with Gasteiger partial charge in [0, 0.05) is 6.54 Å². The van der Waals surface area contributed by atoms with Crippen LogP contribution in [0.3, 0.4) is 0 Å². The summed E-state index contributed by atoms with van der Waals surface area (Å²) in [7, 11) is -3.54. The van der Waals surface area contributed by atoms with Gasteiger partial charge in [0.2, 0.25) is 10.0 Å². The maximum Gasteiger partial charge on any atom is 0.341 e. The molecule has 1 aromatic carbocycles. The van der Waals surface area contributed by atoms with Crippen LogP contribution in [-0.2, 0) is 19.6 Å². The van der Waals surface area contributed by atoms with Crippen molar-refractivity contribution in [2.24, 2.45) is 0 Å². The van der Waals surface area contributed by atoms with Gasteiger partial charge in [-0.15, -0.1) is 0 Å². The van der Waals surface area contributed by atoms with Crippen molar-refractivity contribution in [3.63, 3.8) is 0 Å². The Morgan fingerprint density at radius 3 is 2.63 bits per heavy atom. The molecule has 0 heterocycles. The highest BCUT2D eigenvalue weighted by Gasteiger charge is 2.21. The van der Waals surface area contributed by atoms with Crippen LogP contribution in [0.4, 0.5) is 5.69 Å². The lowest BCUT2D eigenvalue weighted by atomic mass is 9.97. The van der Waals surface area contributed by atoms with Crippen LogP contribution in [0.15, 0.2) is 35.9 Å². The zero-order chi connectivity index (χ0) is 19.9. The molecule has 0 unspecified atom stereocenters. The van der Waals surface area contributed by atoms with Crippen LogP contribution >= 0.6 is 0 Å². The van der Waals surface area contributed by atoms with Gasteiger partial charge in [0.1, 0.15) is 0 Å². The van der Waals surface area contributed by atoms with E-state index in [4.69, 9.17) is 4.74 Å². The Bertz CT molecular complexity index is 817. The number of sulfonamides is 1. The molecular weight excluding hydrogens is 368 g/mol. The second kappa shape index (κ2) is 9.55. The van der Waals surface area contributed by atoms with E-state index < -0.39 is 22.1 Å². The fourth-order valence-electron chi connectivity index (χ4n) is 2.85. The molecule has 27 heavy (non-hydrogen) atoms. The Kier molecular flexibility index (Phi) is 7.41. The number of anilines is 1. The van der Waals surface area contributed by atoms with E-state index in [0.717, 1.165) is 25.5 Å². The van der Waals surface area contributed by atoms with Gasteiger partial charge in [-0.3, -0.25) is 9.52 Å². The molecule has 0 saturated carbocycles. The molecule has 7 nitrogen and oxygen atoms in total. The van der Waals surface area contributed by atoms with Crippen molar-refractivity contribution >= 4 is 27.6 Å². The van der Waals surface area contributed by atoms with Crippen molar-refractivity contribution in [3.8, 4) is 0 Å². The molecule has 1 aromatic rings. The Labute approximate surface area is 160 Å². The summed E-state index contributed by atoms with van der Waals surface area (Å²) in [5, 5.41) is 2.77. The predicted octanol–water partition coefficient (Wildman–Crippen LogP) is 2.61. The third kappa shape index (κ3) is 7.05. The monoisotopic (exact) mass is 394 g/mol. The molecule has 0 bridgehead atoms. The molecule has 1 aliphatic carbocycles. The number of hydrogen-bond donors (Lipinski definition) is 2. The normalized spacial score (nSPS) is 15.4. The first-order valence-electron chi connectivity index (χ1n) is 8.99. The number of rotatable bonds is 8. The Morgan fingerprint density at radius 1 is 1.22 bits per heavy atom. The van der Waals surface area contributed by atoms with Crippen LogP contribution in [-0.4, -0.2) is 39.2 Å². The Hall–Kier alpha value is -2.35. The van der Waals surface area contributed by atoms with Crippen LogP contribution in [0.5, 0.6) is 0 Å². The minimum absolute atomic E-state index is 0.0509. The number of nitrogens with one attached hydrogen (secondary N) is 2. The van der Waals surface area contributed by atoms with Gasteiger partial charge < -0.3 is 10.1 Å². The third-order valence-electron chi connectivity index (χ3n) is 4.23. The van der Waals surface area contributed by atoms with Gasteiger partial charge in [-0.1, -0.05) is 23.8 Å². The maximum atomic E-state index is 12.3. The molecule has 0 aromatic heterocycles. The zero-order valence-corrected chi connectivity index (χ0v) is 16.5. The van der Waals surface area contributed by atoms with Crippen LogP contribution in [0.1, 0.15) is 49.4 Å². The molecule has 1 aliphatic rings. The van der Waals surface area contributed by atoms with Crippen molar-refractivity contribution in [1.29, 1.82) is 0 Å². The minimum atomic E-state index is -3.54. The largest absolute Gasteiger partial charge is 0.449 e. The average molecular weight is 394 g/mol. The van der Waals surface area contributed by atoms with Crippen molar-refractivity contribution in [3.05, 3.63) is 41.5 Å². The van der Waals surface area contributed by atoms with Crippen molar-refractivity contribution in [1.82, 2.24) is 5.32 Å². The van der Waals surface area contributed by atoms with E-state index in [9.17, 15) is 18.0 Å².